The molecule has 8 rings (SSSR count). The maximum atomic E-state index is 14.0. The Morgan fingerprint density at radius 2 is 1.16 bits per heavy atom. The summed E-state index contributed by atoms with van der Waals surface area (Å²) in [5.41, 5.74) is 7.20. The summed E-state index contributed by atoms with van der Waals surface area (Å²) in [6.07, 6.45) is 0. The summed E-state index contributed by atoms with van der Waals surface area (Å²) in [4.78, 5) is 42.3. The van der Waals surface area contributed by atoms with Crippen molar-refractivity contribution in [3.63, 3.8) is 0 Å². The van der Waals surface area contributed by atoms with Gasteiger partial charge in [0.2, 0.25) is 11.8 Å². The van der Waals surface area contributed by atoms with Crippen LogP contribution < -0.4 is 9.64 Å². The maximum Gasteiger partial charge on any atom is 0.343 e. The van der Waals surface area contributed by atoms with E-state index in [1.165, 1.54) is 4.90 Å². The van der Waals surface area contributed by atoms with Gasteiger partial charge >= 0.3 is 5.97 Å². The molecule has 38 heavy (non-hydrogen) atoms. The van der Waals surface area contributed by atoms with E-state index in [0.29, 0.717) is 11.4 Å². The van der Waals surface area contributed by atoms with Gasteiger partial charge in [0.25, 0.3) is 0 Å². The third-order valence-corrected chi connectivity index (χ3v) is 8.19. The molecule has 186 valence electrons. The van der Waals surface area contributed by atoms with Gasteiger partial charge in [0.1, 0.15) is 5.75 Å². The van der Waals surface area contributed by atoms with E-state index in [1.54, 1.807) is 36.4 Å². The smallest absolute Gasteiger partial charge is 0.343 e. The lowest BCUT2D eigenvalue weighted by Crippen LogP contribution is -2.41. The molecule has 0 radical (unpaired) electrons. The zero-order valence-corrected chi connectivity index (χ0v) is 21.0. The highest BCUT2D eigenvalue weighted by Gasteiger charge is 2.61. The minimum Gasteiger partial charge on any atom is -0.423 e. The fourth-order valence-corrected chi connectivity index (χ4v) is 6.86. The summed E-state index contributed by atoms with van der Waals surface area (Å²) in [7, 11) is 0. The number of imide groups is 1. The molecule has 0 N–H and O–H groups in total. The number of rotatable bonds is 3. The molecule has 5 nitrogen and oxygen atoms in total. The number of anilines is 1. The molecule has 2 unspecified atom stereocenters. The number of hydrogen-bond donors (Lipinski definition) is 0. The van der Waals surface area contributed by atoms with E-state index in [1.807, 2.05) is 44.2 Å². The number of amides is 2. The molecule has 4 aromatic rings. The fourth-order valence-electron chi connectivity index (χ4n) is 6.86. The van der Waals surface area contributed by atoms with Crippen LogP contribution in [0.5, 0.6) is 5.75 Å². The van der Waals surface area contributed by atoms with Crippen molar-refractivity contribution in [1.29, 1.82) is 0 Å². The molecule has 5 heteroatoms. The number of carbonyl (C=O) groups excluding carboxylic acids is 3. The number of carbonyl (C=O) groups is 3. The second kappa shape index (κ2) is 8.25. The first-order chi connectivity index (χ1) is 18.4. The van der Waals surface area contributed by atoms with E-state index in [2.05, 4.69) is 24.3 Å². The summed E-state index contributed by atoms with van der Waals surface area (Å²) < 4.78 is 5.63. The predicted octanol–water partition coefficient (Wildman–Crippen LogP) is 5.92. The highest BCUT2D eigenvalue weighted by molar-refractivity contribution is 6.23. The van der Waals surface area contributed by atoms with Gasteiger partial charge in [-0.1, -0.05) is 60.7 Å². The average molecular weight is 500 g/mol. The zero-order valence-electron chi connectivity index (χ0n) is 21.0. The van der Waals surface area contributed by atoms with Gasteiger partial charge in [-0.2, -0.15) is 0 Å². The first-order valence-corrected chi connectivity index (χ1v) is 12.9. The lowest BCUT2D eigenvalue weighted by Gasteiger charge is -2.45. The molecule has 0 spiro atoms. The Bertz CT molecular complexity index is 1540. The van der Waals surface area contributed by atoms with Crippen LogP contribution in [0.3, 0.4) is 0 Å². The zero-order chi connectivity index (χ0) is 26.1. The van der Waals surface area contributed by atoms with E-state index < -0.39 is 17.8 Å². The third kappa shape index (κ3) is 3.21. The van der Waals surface area contributed by atoms with Crippen LogP contribution in [0, 0.1) is 25.7 Å². The normalized spacial score (nSPS) is 22.6. The molecule has 2 bridgehead atoms. The van der Waals surface area contributed by atoms with Crippen LogP contribution in [0.4, 0.5) is 5.69 Å². The molecule has 1 aliphatic heterocycles. The Labute approximate surface area is 220 Å². The SMILES string of the molecule is Cc1cc(C)cc(OC(=O)c2cccc(N3C(=O)C4C5c6ccccc6C(c6ccccc65)C4C3=O)c2)c1. The average Bonchev–Trinajstić information content (AvgIpc) is 3.18. The van der Waals surface area contributed by atoms with Crippen LogP contribution in [0.1, 0.15) is 55.6 Å². The van der Waals surface area contributed by atoms with Crippen LogP contribution in [0.25, 0.3) is 0 Å². The Morgan fingerprint density at radius 3 is 1.66 bits per heavy atom. The Morgan fingerprint density at radius 1 is 0.658 bits per heavy atom. The fraction of sp³-hybridized carbons (Fsp3) is 0.182. The Hall–Kier alpha value is -4.51. The van der Waals surface area contributed by atoms with Crippen molar-refractivity contribution in [2.24, 2.45) is 11.8 Å². The Balaban J connectivity index is 1.26. The molecule has 0 saturated carbocycles. The second-order valence-corrected chi connectivity index (χ2v) is 10.5. The van der Waals surface area contributed by atoms with Crippen LogP contribution >= 0.6 is 0 Å². The largest absolute Gasteiger partial charge is 0.423 e. The van der Waals surface area contributed by atoms with Crippen molar-refractivity contribution in [1.82, 2.24) is 0 Å². The van der Waals surface area contributed by atoms with Crippen molar-refractivity contribution in [2.75, 3.05) is 4.90 Å². The molecule has 2 atom stereocenters. The molecule has 0 aromatic heterocycles. The molecule has 4 aliphatic rings. The molecule has 4 aromatic carbocycles. The van der Waals surface area contributed by atoms with E-state index in [-0.39, 0.29) is 29.2 Å². The molecule has 1 saturated heterocycles. The lowest BCUT2D eigenvalue weighted by molar-refractivity contribution is -0.122. The standard InChI is InChI=1S/C33H25NO4/c1-18-14-19(2)16-22(15-18)38-33(37)20-8-7-9-21(17-20)34-31(35)29-27-23-10-3-4-11-24(23)28(30(29)32(34)36)26-13-6-5-12-25(26)27/h3-17,27-30H,1-2H3. The van der Waals surface area contributed by atoms with Crippen molar-refractivity contribution >= 4 is 23.5 Å². The topological polar surface area (TPSA) is 63.7 Å². The number of benzene rings is 4. The second-order valence-electron chi connectivity index (χ2n) is 10.5. The van der Waals surface area contributed by atoms with Crippen molar-refractivity contribution in [3.05, 3.63) is 130 Å². The molecule has 1 heterocycles. The van der Waals surface area contributed by atoms with Gasteiger partial charge in [-0.25, -0.2) is 9.69 Å². The summed E-state index contributed by atoms with van der Waals surface area (Å²) in [5.74, 6) is -1.77. The Kier molecular flexibility index (Phi) is 4.92. The lowest BCUT2D eigenvalue weighted by atomic mass is 9.55. The summed E-state index contributed by atoms with van der Waals surface area (Å²) in [5, 5.41) is 0. The van der Waals surface area contributed by atoms with Crippen molar-refractivity contribution < 1.29 is 19.1 Å². The first kappa shape index (κ1) is 22.7. The van der Waals surface area contributed by atoms with Gasteiger partial charge in [-0.3, -0.25) is 9.59 Å². The van der Waals surface area contributed by atoms with Crippen LogP contribution in [0.2, 0.25) is 0 Å². The number of ether oxygens (including phenoxy) is 1. The van der Waals surface area contributed by atoms with E-state index in [4.69, 9.17) is 4.74 Å². The molecule has 2 amide bonds. The highest BCUT2D eigenvalue weighted by Crippen LogP contribution is 2.61. The van der Waals surface area contributed by atoms with Crippen LogP contribution in [0.15, 0.2) is 91.0 Å². The number of nitrogens with zero attached hydrogens (tertiary/aromatic N) is 1. The third-order valence-electron chi connectivity index (χ3n) is 8.19. The van der Waals surface area contributed by atoms with Gasteiger partial charge in [0.15, 0.2) is 0 Å². The van der Waals surface area contributed by atoms with Gasteiger partial charge < -0.3 is 4.74 Å². The van der Waals surface area contributed by atoms with E-state index >= 15 is 0 Å². The van der Waals surface area contributed by atoms with Crippen LogP contribution in [-0.2, 0) is 9.59 Å². The van der Waals surface area contributed by atoms with Crippen molar-refractivity contribution in [3.8, 4) is 5.75 Å². The molecular weight excluding hydrogens is 474 g/mol. The minimum atomic E-state index is -0.534. The van der Waals surface area contributed by atoms with E-state index in [9.17, 15) is 14.4 Å². The van der Waals surface area contributed by atoms with Gasteiger partial charge in [-0.05, 0) is 77.6 Å². The highest BCUT2D eigenvalue weighted by atomic mass is 16.5. The summed E-state index contributed by atoms with van der Waals surface area (Å²) in [6, 6.07) is 28.6. The number of aryl methyl sites for hydroxylation is 2. The molecule has 3 aliphatic carbocycles. The summed E-state index contributed by atoms with van der Waals surface area (Å²) in [6.45, 7) is 3.89. The van der Waals surface area contributed by atoms with Gasteiger partial charge in [-0.15, -0.1) is 0 Å². The van der Waals surface area contributed by atoms with Gasteiger partial charge in [0, 0.05) is 11.8 Å². The van der Waals surface area contributed by atoms with Crippen molar-refractivity contribution in [2.45, 2.75) is 25.7 Å². The minimum absolute atomic E-state index is 0.170. The quantitative estimate of drug-likeness (QED) is 0.199. The number of esters is 1. The van der Waals surface area contributed by atoms with Gasteiger partial charge in [0.05, 0.1) is 23.1 Å². The summed E-state index contributed by atoms with van der Waals surface area (Å²) >= 11 is 0. The monoisotopic (exact) mass is 499 g/mol. The van der Waals surface area contributed by atoms with Crippen LogP contribution in [-0.4, -0.2) is 17.8 Å². The molecular formula is C33H25NO4. The number of hydrogen-bond acceptors (Lipinski definition) is 4. The first-order valence-electron chi connectivity index (χ1n) is 12.9. The maximum absolute atomic E-state index is 14.0. The van der Waals surface area contributed by atoms with E-state index in [0.717, 1.165) is 33.4 Å². The molecule has 1 fully saturated rings. The predicted molar refractivity (Wildman–Crippen MR) is 143 cm³/mol.